The molecule has 0 atom stereocenters. The van der Waals surface area contributed by atoms with Crippen LogP contribution in [0.1, 0.15) is 0 Å². The van der Waals surface area contributed by atoms with E-state index in [0.29, 0.717) is 0 Å². The van der Waals surface area contributed by atoms with Gasteiger partial charge in [0.2, 0.25) is 0 Å². The van der Waals surface area contributed by atoms with E-state index >= 15 is 0 Å². The van der Waals surface area contributed by atoms with Crippen LogP contribution in [0.4, 0.5) is 0 Å². The number of rotatable bonds is 4. The molecule has 4 aromatic heterocycles. The molecule has 0 aliphatic rings. The fourth-order valence-corrected chi connectivity index (χ4v) is 10.8. The van der Waals surface area contributed by atoms with Gasteiger partial charge in [-0.3, -0.25) is 0 Å². The van der Waals surface area contributed by atoms with Gasteiger partial charge in [-0.25, -0.2) is 4.98 Å². The standard InChI is InChI=1S/C55H33N3S/c1-2-14-34(15-3-1)55-45-28-29-52-54(44-20-8-13-25-51(44)59-52)53(45)43-27-26-35(32-46(43)56-55)36-30-37(57-47-21-9-4-16-39(47)40-17-5-10-22-48(40)57)33-38(31-36)58-49-23-11-6-18-41(49)42-19-7-12-24-50(42)58/h1-33H. The Balaban J connectivity index is 1.13. The van der Waals surface area contributed by atoms with Crippen LogP contribution in [-0.4, -0.2) is 14.1 Å². The van der Waals surface area contributed by atoms with Crippen LogP contribution in [0.25, 0.3) is 119 Å². The second kappa shape index (κ2) is 12.5. The Kier molecular flexibility index (Phi) is 6.89. The van der Waals surface area contributed by atoms with E-state index in [4.69, 9.17) is 4.98 Å². The summed E-state index contributed by atoms with van der Waals surface area (Å²) in [5.74, 6) is 0. The van der Waals surface area contributed by atoms with Crippen molar-refractivity contribution in [3.63, 3.8) is 0 Å². The SMILES string of the molecule is c1ccc(-c2nc3cc(-c4cc(-n5c6ccccc6c6ccccc65)cc(-n5c6ccccc6c6ccccc65)c4)ccc3c3c2ccc2sc4ccccc4c23)cc1. The lowest BCUT2D eigenvalue weighted by Crippen LogP contribution is -2.00. The Morgan fingerprint density at radius 3 is 1.42 bits per heavy atom. The molecule has 4 heterocycles. The highest BCUT2D eigenvalue weighted by molar-refractivity contribution is 7.26. The summed E-state index contributed by atoms with van der Waals surface area (Å²) in [7, 11) is 0. The third-order valence-electron chi connectivity index (χ3n) is 12.3. The summed E-state index contributed by atoms with van der Waals surface area (Å²) in [5, 5.41) is 11.2. The van der Waals surface area contributed by atoms with Crippen LogP contribution in [0.3, 0.4) is 0 Å². The topological polar surface area (TPSA) is 22.8 Å². The summed E-state index contributed by atoms with van der Waals surface area (Å²) in [5.41, 5.74) is 12.3. The maximum atomic E-state index is 5.53. The molecule has 13 aromatic rings. The van der Waals surface area contributed by atoms with Gasteiger partial charge in [0, 0.05) is 74.8 Å². The predicted octanol–water partition coefficient (Wildman–Crippen LogP) is 15.3. The molecule has 59 heavy (non-hydrogen) atoms. The maximum absolute atomic E-state index is 5.53. The smallest absolute Gasteiger partial charge is 0.0788 e. The molecule has 13 rings (SSSR count). The van der Waals surface area contributed by atoms with Gasteiger partial charge in [-0.2, -0.15) is 0 Å². The number of thiophene rings is 1. The molecule has 0 unspecified atom stereocenters. The molecule has 0 aliphatic carbocycles. The van der Waals surface area contributed by atoms with E-state index in [-0.39, 0.29) is 0 Å². The molecule has 0 aliphatic heterocycles. The summed E-state index contributed by atoms with van der Waals surface area (Å²) in [6.07, 6.45) is 0. The van der Waals surface area contributed by atoms with Gasteiger partial charge in [0.05, 0.1) is 33.3 Å². The van der Waals surface area contributed by atoms with Crippen LogP contribution in [0.2, 0.25) is 0 Å². The summed E-state index contributed by atoms with van der Waals surface area (Å²) < 4.78 is 7.47. The van der Waals surface area contributed by atoms with Crippen molar-refractivity contribution in [3.05, 3.63) is 200 Å². The molecule has 3 nitrogen and oxygen atoms in total. The normalized spacial score (nSPS) is 12.1. The highest BCUT2D eigenvalue weighted by Gasteiger charge is 2.20. The summed E-state index contributed by atoms with van der Waals surface area (Å²) in [6.45, 7) is 0. The number of hydrogen-bond acceptors (Lipinski definition) is 2. The van der Waals surface area contributed by atoms with E-state index < -0.39 is 0 Å². The van der Waals surface area contributed by atoms with Crippen LogP contribution >= 0.6 is 11.3 Å². The lowest BCUT2D eigenvalue weighted by molar-refractivity contribution is 1.13. The Morgan fingerprint density at radius 1 is 0.322 bits per heavy atom. The molecule has 274 valence electrons. The average molecular weight is 768 g/mol. The van der Waals surface area contributed by atoms with Crippen LogP contribution in [0, 0.1) is 0 Å². The number of aromatic nitrogens is 3. The second-order valence-corrected chi connectivity index (χ2v) is 16.6. The van der Waals surface area contributed by atoms with Gasteiger partial charge >= 0.3 is 0 Å². The van der Waals surface area contributed by atoms with Crippen molar-refractivity contribution in [3.8, 4) is 33.8 Å². The first-order valence-electron chi connectivity index (χ1n) is 20.1. The molecular weight excluding hydrogens is 735 g/mol. The lowest BCUT2D eigenvalue weighted by Gasteiger charge is -2.17. The number of hydrogen-bond donors (Lipinski definition) is 0. The van der Waals surface area contributed by atoms with E-state index in [1.165, 1.54) is 79.9 Å². The number of benzene rings is 9. The highest BCUT2D eigenvalue weighted by Crippen LogP contribution is 2.45. The molecule has 4 heteroatoms. The highest BCUT2D eigenvalue weighted by atomic mass is 32.1. The Hall–Kier alpha value is -7.53. The third-order valence-corrected chi connectivity index (χ3v) is 13.4. The fraction of sp³-hybridized carbons (Fsp3) is 0. The third kappa shape index (κ3) is 4.78. The summed E-state index contributed by atoms with van der Waals surface area (Å²) in [4.78, 5) is 5.53. The van der Waals surface area contributed by atoms with E-state index in [1.54, 1.807) is 0 Å². The van der Waals surface area contributed by atoms with Gasteiger partial charge < -0.3 is 9.13 Å². The zero-order valence-electron chi connectivity index (χ0n) is 31.8. The van der Waals surface area contributed by atoms with E-state index in [9.17, 15) is 0 Å². The van der Waals surface area contributed by atoms with Crippen molar-refractivity contribution < 1.29 is 0 Å². The molecule has 0 radical (unpaired) electrons. The Labute approximate surface area is 343 Å². The van der Waals surface area contributed by atoms with Crippen LogP contribution in [0.5, 0.6) is 0 Å². The van der Waals surface area contributed by atoms with Gasteiger partial charge in [0.1, 0.15) is 0 Å². The molecule has 0 fully saturated rings. The molecular formula is C55H33N3S. The van der Waals surface area contributed by atoms with E-state index in [2.05, 4.69) is 209 Å². The number of nitrogens with zero attached hydrogens (tertiary/aromatic N) is 3. The number of pyridine rings is 1. The zero-order chi connectivity index (χ0) is 38.6. The van der Waals surface area contributed by atoms with E-state index in [0.717, 1.165) is 39.3 Å². The van der Waals surface area contributed by atoms with E-state index in [1.807, 2.05) is 11.3 Å². The first-order valence-corrected chi connectivity index (χ1v) is 20.9. The minimum atomic E-state index is 0.984. The van der Waals surface area contributed by atoms with Crippen molar-refractivity contribution in [2.24, 2.45) is 0 Å². The largest absolute Gasteiger partial charge is 0.309 e. The first-order chi connectivity index (χ1) is 29.3. The Morgan fingerprint density at radius 2 is 0.831 bits per heavy atom. The van der Waals surface area contributed by atoms with Crippen molar-refractivity contribution >= 4 is 96.8 Å². The first kappa shape index (κ1) is 32.5. The minimum Gasteiger partial charge on any atom is -0.309 e. The fourth-order valence-electron chi connectivity index (χ4n) is 9.73. The van der Waals surface area contributed by atoms with Crippen LogP contribution in [-0.2, 0) is 0 Å². The molecule has 0 saturated heterocycles. The second-order valence-electron chi connectivity index (χ2n) is 15.5. The predicted molar refractivity (Wildman–Crippen MR) is 252 cm³/mol. The summed E-state index contributed by atoms with van der Waals surface area (Å²) in [6, 6.07) is 73.1. The zero-order valence-corrected chi connectivity index (χ0v) is 32.6. The van der Waals surface area contributed by atoms with Gasteiger partial charge in [-0.1, -0.05) is 140 Å². The summed E-state index contributed by atoms with van der Waals surface area (Å²) >= 11 is 1.86. The molecule has 0 amide bonds. The van der Waals surface area contributed by atoms with Gasteiger partial charge in [0.25, 0.3) is 0 Å². The van der Waals surface area contributed by atoms with Crippen molar-refractivity contribution in [2.75, 3.05) is 0 Å². The molecule has 0 saturated carbocycles. The number of fused-ring (bicyclic) bond motifs is 13. The monoisotopic (exact) mass is 767 g/mol. The molecule has 9 aromatic carbocycles. The average Bonchev–Trinajstić information content (AvgIpc) is 3.97. The van der Waals surface area contributed by atoms with Crippen molar-refractivity contribution in [2.45, 2.75) is 0 Å². The quantitative estimate of drug-likeness (QED) is 0.164. The van der Waals surface area contributed by atoms with Crippen molar-refractivity contribution in [1.29, 1.82) is 0 Å². The minimum absolute atomic E-state index is 0.984. The number of para-hydroxylation sites is 4. The molecule has 0 spiro atoms. The van der Waals surface area contributed by atoms with Crippen LogP contribution in [0.15, 0.2) is 200 Å². The molecule has 0 bridgehead atoms. The molecule has 0 N–H and O–H groups in total. The van der Waals surface area contributed by atoms with Gasteiger partial charge in [0.15, 0.2) is 0 Å². The van der Waals surface area contributed by atoms with Crippen LogP contribution < -0.4 is 0 Å². The van der Waals surface area contributed by atoms with Crippen molar-refractivity contribution in [1.82, 2.24) is 14.1 Å². The maximum Gasteiger partial charge on any atom is 0.0788 e. The Bertz CT molecular complexity index is 3610. The lowest BCUT2D eigenvalue weighted by atomic mass is 9.94. The van der Waals surface area contributed by atoms with Gasteiger partial charge in [-0.15, -0.1) is 11.3 Å². The van der Waals surface area contributed by atoms with Gasteiger partial charge in [-0.05, 0) is 71.8 Å².